The molecule has 0 spiro atoms. The lowest BCUT2D eigenvalue weighted by atomic mass is 9.81. The molecule has 5 atom stereocenters. The van der Waals surface area contributed by atoms with Crippen LogP contribution in [0.2, 0.25) is 0 Å². The van der Waals surface area contributed by atoms with Crippen molar-refractivity contribution in [3.63, 3.8) is 0 Å². The summed E-state index contributed by atoms with van der Waals surface area (Å²) in [5.41, 5.74) is 0.907. The molecule has 31 heavy (non-hydrogen) atoms. The van der Waals surface area contributed by atoms with E-state index in [9.17, 15) is 15.0 Å². The molecule has 1 saturated carbocycles. The highest BCUT2D eigenvalue weighted by molar-refractivity contribution is 8.15. The van der Waals surface area contributed by atoms with Crippen LogP contribution in [0.15, 0.2) is 34.2 Å². The minimum absolute atomic E-state index is 0.0810. The van der Waals surface area contributed by atoms with Gasteiger partial charge >= 0.3 is 0 Å². The number of nitrogens with one attached hydrogen (secondary N) is 2. The van der Waals surface area contributed by atoms with E-state index in [-0.39, 0.29) is 17.6 Å². The first-order valence-corrected chi connectivity index (χ1v) is 12.7. The van der Waals surface area contributed by atoms with Gasteiger partial charge in [0, 0.05) is 42.0 Å². The number of thioether (sulfide) groups is 2. The zero-order valence-corrected chi connectivity index (χ0v) is 19.2. The number of morpholine rings is 1. The first-order chi connectivity index (χ1) is 15.0. The molecular weight excluding hydrogens is 436 g/mol. The maximum Gasteiger partial charge on any atom is 0.224 e. The molecule has 4 N–H and O–H groups in total. The molecule has 0 aromatic heterocycles. The summed E-state index contributed by atoms with van der Waals surface area (Å²) < 4.78 is 5.35. The summed E-state index contributed by atoms with van der Waals surface area (Å²) in [6.45, 7) is 4.56. The largest absolute Gasteiger partial charge is 0.390 e. The second kappa shape index (κ2) is 10.5. The monoisotopic (exact) mass is 466 g/mol. The van der Waals surface area contributed by atoms with Crippen LogP contribution in [0.3, 0.4) is 0 Å². The van der Waals surface area contributed by atoms with Gasteiger partial charge in [-0.1, -0.05) is 11.8 Å². The molecule has 8 nitrogen and oxygen atoms in total. The molecule has 1 aromatic rings. The predicted octanol–water partition coefficient (Wildman–Crippen LogP) is 0.851. The first-order valence-electron chi connectivity index (χ1n) is 10.6. The molecular formula is C21H30N4O4S2. The molecule has 1 saturated heterocycles. The van der Waals surface area contributed by atoms with Crippen molar-refractivity contribution in [1.82, 2.24) is 10.2 Å². The highest BCUT2D eigenvalue weighted by Crippen LogP contribution is 2.41. The second-order valence-electron chi connectivity index (χ2n) is 8.01. The SMILES string of the molecule is CSc1ccc(NC2=N[C@H]3[C@@H](O)[C@H](O)C[C@H](C(=O)NCCN4CCOCC4)[C@H]3S2)cc1. The van der Waals surface area contributed by atoms with E-state index < -0.39 is 24.2 Å². The number of rotatable bonds is 6. The number of amidine groups is 1. The fourth-order valence-electron chi connectivity index (χ4n) is 4.20. The molecule has 4 rings (SSSR count). The number of hydrogen-bond acceptors (Lipinski definition) is 9. The number of aliphatic hydroxyl groups is 2. The summed E-state index contributed by atoms with van der Waals surface area (Å²) in [7, 11) is 0. The van der Waals surface area contributed by atoms with Gasteiger partial charge in [-0.25, -0.2) is 0 Å². The van der Waals surface area contributed by atoms with Crippen molar-refractivity contribution in [2.24, 2.45) is 10.9 Å². The Labute approximate surface area is 191 Å². The number of carbonyl (C=O) groups excluding carboxylic acids is 1. The van der Waals surface area contributed by atoms with Crippen LogP contribution < -0.4 is 10.6 Å². The molecule has 1 amide bonds. The number of benzene rings is 1. The smallest absolute Gasteiger partial charge is 0.224 e. The van der Waals surface area contributed by atoms with E-state index in [0.717, 1.165) is 38.5 Å². The van der Waals surface area contributed by atoms with Gasteiger partial charge in [0.1, 0.15) is 6.10 Å². The summed E-state index contributed by atoms with van der Waals surface area (Å²) in [6.07, 6.45) is 0.348. The number of nitrogens with zero attached hydrogens (tertiary/aromatic N) is 2. The minimum atomic E-state index is -0.965. The van der Waals surface area contributed by atoms with Crippen molar-refractivity contribution in [2.75, 3.05) is 51.0 Å². The Morgan fingerprint density at radius 2 is 2.03 bits per heavy atom. The van der Waals surface area contributed by atoms with Crippen LogP contribution in [0.1, 0.15) is 6.42 Å². The Bertz CT molecular complexity index is 788. The van der Waals surface area contributed by atoms with Gasteiger partial charge in [0.05, 0.1) is 31.3 Å². The fourth-order valence-corrected chi connectivity index (χ4v) is 5.98. The van der Waals surface area contributed by atoms with Crippen molar-refractivity contribution in [3.8, 4) is 0 Å². The van der Waals surface area contributed by atoms with Gasteiger partial charge in [0.15, 0.2) is 5.17 Å². The molecule has 2 heterocycles. The van der Waals surface area contributed by atoms with Gasteiger partial charge in [0.25, 0.3) is 0 Å². The molecule has 1 aromatic carbocycles. The fraction of sp³-hybridized carbons (Fsp3) is 0.619. The lowest BCUT2D eigenvalue weighted by Gasteiger charge is -2.37. The first kappa shape index (κ1) is 22.9. The quantitative estimate of drug-likeness (QED) is 0.457. The molecule has 0 unspecified atom stereocenters. The maximum absolute atomic E-state index is 12.9. The van der Waals surface area contributed by atoms with Crippen molar-refractivity contribution in [2.45, 2.75) is 34.8 Å². The molecule has 1 aliphatic carbocycles. The summed E-state index contributed by atoms with van der Waals surface area (Å²) in [5.74, 6) is -0.484. The van der Waals surface area contributed by atoms with Crippen LogP contribution in [0, 0.1) is 5.92 Å². The van der Waals surface area contributed by atoms with Gasteiger partial charge in [0.2, 0.25) is 5.91 Å². The van der Waals surface area contributed by atoms with E-state index in [4.69, 9.17) is 4.74 Å². The minimum Gasteiger partial charge on any atom is -0.390 e. The molecule has 0 radical (unpaired) electrons. The van der Waals surface area contributed by atoms with Crippen molar-refractivity contribution in [3.05, 3.63) is 24.3 Å². The zero-order valence-electron chi connectivity index (χ0n) is 17.6. The van der Waals surface area contributed by atoms with Gasteiger partial charge in [-0.05, 0) is 36.9 Å². The number of carbonyl (C=O) groups is 1. The highest BCUT2D eigenvalue weighted by Gasteiger charge is 2.50. The van der Waals surface area contributed by atoms with Crippen LogP contribution in [-0.4, -0.2) is 95.3 Å². The van der Waals surface area contributed by atoms with Crippen molar-refractivity contribution < 1.29 is 19.7 Å². The number of anilines is 1. The second-order valence-corrected chi connectivity index (χ2v) is 10.1. The Morgan fingerprint density at radius 1 is 1.29 bits per heavy atom. The third-order valence-electron chi connectivity index (χ3n) is 6.00. The normalized spacial score (nSPS) is 31.1. The number of fused-ring (bicyclic) bond motifs is 1. The number of aliphatic hydroxyl groups excluding tert-OH is 2. The van der Waals surface area contributed by atoms with Gasteiger partial charge in [-0.2, -0.15) is 0 Å². The third-order valence-corrected chi connectivity index (χ3v) is 8.05. The predicted molar refractivity (Wildman–Crippen MR) is 125 cm³/mol. The zero-order chi connectivity index (χ0) is 21.8. The van der Waals surface area contributed by atoms with Crippen LogP contribution >= 0.6 is 23.5 Å². The average Bonchev–Trinajstić information content (AvgIpc) is 3.21. The van der Waals surface area contributed by atoms with E-state index >= 15 is 0 Å². The summed E-state index contributed by atoms with van der Waals surface area (Å²) >= 11 is 3.16. The Kier molecular flexibility index (Phi) is 7.78. The Balaban J connectivity index is 1.36. The lowest BCUT2D eigenvalue weighted by Crippen LogP contribution is -2.54. The molecule has 2 aliphatic heterocycles. The Morgan fingerprint density at radius 3 is 2.74 bits per heavy atom. The topological polar surface area (TPSA) is 106 Å². The molecule has 170 valence electrons. The van der Waals surface area contributed by atoms with E-state index in [1.807, 2.05) is 30.5 Å². The summed E-state index contributed by atoms with van der Waals surface area (Å²) in [6, 6.07) is 7.53. The number of amides is 1. The average molecular weight is 467 g/mol. The van der Waals surface area contributed by atoms with Crippen molar-refractivity contribution in [1.29, 1.82) is 0 Å². The Hall–Kier alpha value is -1.30. The lowest BCUT2D eigenvalue weighted by molar-refractivity contribution is -0.129. The van der Waals surface area contributed by atoms with Crippen LogP contribution in [0.4, 0.5) is 5.69 Å². The standard InChI is InChI=1S/C21H30N4O4S2/c1-30-14-4-2-13(3-5-14)23-21-24-17-18(27)16(26)12-15(19(17)31-21)20(28)22-6-7-25-8-10-29-11-9-25/h2-5,15-19,26-27H,6-12H2,1H3,(H,22,28)(H,23,24)/t15-,16+,17-,18-,19+/m0/s1. The van der Waals surface area contributed by atoms with Crippen LogP contribution in [0.5, 0.6) is 0 Å². The third kappa shape index (κ3) is 5.55. The molecule has 10 heteroatoms. The van der Waals surface area contributed by atoms with Gasteiger partial charge in [-0.15, -0.1) is 11.8 Å². The molecule has 2 fully saturated rings. The number of hydrogen-bond donors (Lipinski definition) is 4. The van der Waals surface area contributed by atoms with Gasteiger partial charge < -0.3 is 25.6 Å². The highest BCUT2D eigenvalue weighted by atomic mass is 32.2. The van der Waals surface area contributed by atoms with Crippen molar-refractivity contribution >= 4 is 40.3 Å². The maximum atomic E-state index is 12.9. The summed E-state index contributed by atoms with van der Waals surface area (Å²) in [4.78, 5) is 21.0. The van der Waals surface area contributed by atoms with Gasteiger partial charge in [-0.3, -0.25) is 14.7 Å². The number of ether oxygens (including phenoxy) is 1. The van der Waals surface area contributed by atoms with E-state index in [1.54, 1.807) is 11.8 Å². The van der Waals surface area contributed by atoms with Crippen LogP contribution in [0.25, 0.3) is 0 Å². The summed E-state index contributed by atoms with van der Waals surface area (Å²) in [5, 5.41) is 27.6. The van der Waals surface area contributed by atoms with Crippen LogP contribution in [-0.2, 0) is 9.53 Å². The molecule has 0 bridgehead atoms. The van der Waals surface area contributed by atoms with E-state index in [1.165, 1.54) is 16.7 Å². The molecule has 3 aliphatic rings. The van der Waals surface area contributed by atoms with E-state index in [0.29, 0.717) is 11.7 Å². The number of aliphatic imine (C=N–C) groups is 1. The van der Waals surface area contributed by atoms with E-state index in [2.05, 4.69) is 20.5 Å².